The van der Waals surface area contributed by atoms with Crippen molar-refractivity contribution in [3.63, 3.8) is 0 Å². The summed E-state index contributed by atoms with van der Waals surface area (Å²) in [5.41, 5.74) is 0. The van der Waals surface area contributed by atoms with Crippen molar-refractivity contribution in [1.82, 2.24) is 0 Å². The molecule has 0 bridgehead atoms. The van der Waals surface area contributed by atoms with Gasteiger partial charge in [0, 0.05) is 44.9 Å². The quantitative estimate of drug-likeness (QED) is 0.0245. The van der Waals surface area contributed by atoms with E-state index in [9.17, 15) is 14.4 Å². The lowest BCUT2D eigenvalue weighted by Crippen LogP contribution is -2.30. The molecule has 13 heteroatoms. The van der Waals surface area contributed by atoms with Crippen LogP contribution in [0.5, 0.6) is 0 Å². The molecular formula is C56H94O13. The number of hydrogen-bond donors (Lipinski definition) is 0. The Morgan fingerprint density at radius 2 is 0.609 bits per heavy atom. The number of carbonyl (C=O) groups excluding carboxylic acids is 3. The molecule has 15 unspecified atom stereocenters. The Kier molecular flexibility index (Phi) is 23.7. The highest BCUT2D eigenvalue weighted by Crippen LogP contribution is 2.43. The van der Waals surface area contributed by atoms with Crippen molar-refractivity contribution in [2.75, 3.05) is 13.2 Å². The van der Waals surface area contributed by atoms with Gasteiger partial charge in [0.1, 0.15) is 13.2 Å². The van der Waals surface area contributed by atoms with Crippen molar-refractivity contribution in [2.24, 2.45) is 0 Å². The maximum absolute atomic E-state index is 12.9. The smallest absolute Gasteiger partial charge is 0.306 e. The largest absolute Gasteiger partial charge is 0.462 e. The van der Waals surface area contributed by atoms with Crippen LogP contribution in [0.3, 0.4) is 0 Å². The second-order valence-corrected chi connectivity index (χ2v) is 21.9. The van der Waals surface area contributed by atoms with E-state index in [1.807, 2.05) is 0 Å². The molecule has 13 nitrogen and oxygen atoms in total. The third-order valence-corrected chi connectivity index (χ3v) is 15.8. The summed E-state index contributed by atoms with van der Waals surface area (Å²) >= 11 is 0. The van der Waals surface area contributed by atoms with Gasteiger partial charge in [0.25, 0.3) is 0 Å². The van der Waals surface area contributed by atoms with Gasteiger partial charge in [0.05, 0.1) is 85.5 Å². The monoisotopic (exact) mass is 975 g/mol. The molecular weight excluding hydrogens is 881 g/mol. The van der Waals surface area contributed by atoms with Gasteiger partial charge >= 0.3 is 17.9 Å². The lowest BCUT2D eigenvalue weighted by Gasteiger charge is -2.18. The first-order valence-corrected chi connectivity index (χ1v) is 28.9. The Balaban J connectivity index is 0.689. The molecule has 7 saturated heterocycles. The van der Waals surface area contributed by atoms with Crippen LogP contribution >= 0.6 is 0 Å². The van der Waals surface area contributed by atoms with Crippen LogP contribution in [0.15, 0.2) is 0 Å². The molecule has 0 amide bonds. The normalized spacial score (nSPS) is 32.6. The van der Waals surface area contributed by atoms with Crippen molar-refractivity contribution in [3.8, 4) is 0 Å². The van der Waals surface area contributed by atoms with E-state index in [0.717, 1.165) is 141 Å². The number of unbranched alkanes of at least 4 members (excludes halogenated alkanes) is 16. The highest BCUT2D eigenvalue weighted by Gasteiger charge is 2.52. The standard InChI is InChI=1S/C56H94O13/c1-4-7-8-9-12-19-26-42-43(65-42)27-20-13-10-15-23-30-54(57)60-37-39(38-61-55(58)31-24-18-17-22-29-45-49(67-45)36-53-51(69-53)34-47-41(6-3)64-47)62-56(59)32-25-16-11-14-21-28-44-48(66-44)35-52-50(68-52)33-46-40(5-2)63-46/h39-53H,4-38H2,1-3H3. The average Bonchev–Trinajstić information content (AvgIpc) is 4.12. The maximum Gasteiger partial charge on any atom is 0.306 e. The Hall–Kier alpha value is -1.87. The predicted molar refractivity (Wildman–Crippen MR) is 262 cm³/mol. The Morgan fingerprint density at radius 3 is 0.986 bits per heavy atom. The number of epoxide rings is 7. The molecule has 0 aromatic heterocycles. The number of carbonyl (C=O) groups is 3. The molecule has 0 aromatic carbocycles. The van der Waals surface area contributed by atoms with Gasteiger partial charge < -0.3 is 47.4 Å². The van der Waals surface area contributed by atoms with E-state index >= 15 is 0 Å². The summed E-state index contributed by atoms with van der Waals surface area (Å²) in [6.45, 7) is 6.37. The van der Waals surface area contributed by atoms with Gasteiger partial charge in [-0.05, 0) is 57.8 Å². The molecule has 7 fully saturated rings. The predicted octanol–water partition coefficient (Wildman–Crippen LogP) is 11.3. The summed E-state index contributed by atoms with van der Waals surface area (Å²) in [6, 6.07) is 0. The van der Waals surface area contributed by atoms with Gasteiger partial charge in [-0.15, -0.1) is 0 Å². The average molecular weight is 975 g/mol. The fraction of sp³-hybridized carbons (Fsp3) is 0.946. The first kappa shape index (κ1) is 54.9. The summed E-state index contributed by atoms with van der Waals surface area (Å²) in [5, 5.41) is 0. The summed E-state index contributed by atoms with van der Waals surface area (Å²) in [7, 11) is 0. The minimum atomic E-state index is -0.823. The van der Waals surface area contributed by atoms with Crippen molar-refractivity contribution in [1.29, 1.82) is 0 Å². The summed E-state index contributed by atoms with van der Waals surface area (Å²) < 4.78 is 57.7. The first-order valence-electron chi connectivity index (χ1n) is 28.9. The molecule has 0 radical (unpaired) electrons. The lowest BCUT2D eigenvalue weighted by molar-refractivity contribution is -0.167. The highest BCUT2D eigenvalue weighted by molar-refractivity contribution is 5.71. The minimum absolute atomic E-state index is 0.114. The molecule has 0 aliphatic carbocycles. The van der Waals surface area contributed by atoms with Crippen LogP contribution < -0.4 is 0 Å². The Bertz CT molecular complexity index is 1500. The molecule has 15 atom stereocenters. The van der Waals surface area contributed by atoms with Gasteiger partial charge in [0.15, 0.2) is 6.10 Å². The molecule has 7 aliphatic heterocycles. The van der Waals surface area contributed by atoms with Crippen molar-refractivity contribution < 1.29 is 61.8 Å². The topological polar surface area (TPSA) is 167 Å². The molecule has 0 N–H and O–H groups in total. The molecule has 7 heterocycles. The molecule has 7 rings (SSSR count). The molecule has 7 aliphatic rings. The summed E-state index contributed by atoms with van der Waals surface area (Å²) in [6.07, 6.45) is 38.0. The van der Waals surface area contributed by atoms with Crippen molar-refractivity contribution in [2.45, 2.75) is 324 Å². The van der Waals surface area contributed by atoms with Crippen LogP contribution in [0.25, 0.3) is 0 Å². The zero-order valence-electron chi connectivity index (χ0n) is 43.2. The van der Waals surface area contributed by atoms with Gasteiger partial charge in [-0.25, -0.2) is 0 Å². The van der Waals surface area contributed by atoms with E-state index in [4.69, 9.17) is 47.4 Å². The van der Waals surface area contributed by atoms with Crippen LogP contribution in [0.2, 0.25) is 0 Å². The van der Waals surface area contributed by atoms with Crippen LogP contribution in [-0.2, 0) is 61.8 Å². The van der Waals surface area contributed by atoms with Gasteiger partial charge in [-0.3, -0.25) is 14.4 Å². The van der Waals surface area contributed by atoms with E-state index in [-0.39, 0.29) is 37.5 Å². The molecule has 69 heavy (non-hydrogen) atoms. The van der Waals surface area contributed by atoms with Crippen molar-refractivity contribution >= 4 is 17.9 Å². The van der Waals surface area contributed by atoms with E-state index in [0.29, 0.717) is 98.3 Å². The summed E-state index contributed by atoms with van der Waals surface area (Å²) in [5.74, 6) is -0.984. The fourth-order valence-corrected chi connectivity index (χ4v) is 10.8. The minimum Gasteiger partial charge on any atom is -0.462 e. The molecule has 0 spiro atoms. The van der Waals surface area contributed by atoms with E-state index < -0.39 is 6.10 Å². The molecule has 0 saturated carbocycles. The molecule has 396 valence electrons. The van der Waals surface area contributed by atoms with Crippen LogP contribution in [0.4, 0.5) is 0 Å². The number of hydrogen-bond acceptors (Lipinski definition) is 13. The lowest BCUT2D eigenvalue weighted by atomic mass is 10.0. The zero-order valence-corrected chi connectivity index (χ0v) is 43.2. The van der Waals surface area contributed by atoms with Crippen LogP contribution in [0, 0.1) is 0 Å². The second kappa shape index (κ2) is 29.7. The third-order valence-electron chi connectivity index (χ3n) is 15.8. The first-order chi connectivity index (χ1) is 33.8. The van der Waals surface area contributed by atoms with Gasteiger partial charge in [0.2, 0.25) is 0 Å². The molecule has 0 aromatic rings. The summed E-state index contributed by atoms with van der Waals surface area (Å²) in [4.78, 5) is 38.4. The second-order valence-electron chi connectivity index (χ2n) is 21.9. The Morgan fingerprint density at radius 1 is 0.333 bits per heavy atom. The zero-order chi connectivity index (χ0) is 48.2. The highest BCUT2D eigenvalue weighted by atomic mass is 16.6. The van der Waals surface area contributed by atoms with Crippen LogP contribution in [0.1, 0.15) is 233 Å². The van der Waals surface area contributed by atoms with Crippen LogP contribution in [-0.4, -0.2) is 123 Å². The Labute approximate surface area is 415 Å². The van der Waals surface area contributed by atoms with Gasteiger partial charge in [-0.1, -0.05) is 130 Å². The van der Waals surface area contributed by atoms with Gasteiger partial charge in [-0.2, -0.15) is 0 Å². The maximum atomic E-state index is 12.9. The number of esters is 3. The third kappa shape index (κ3) is 22.0. The fourth-order valence-electron chi connectivity index (χ4n) is 10.8. The van der Waals surface area contributed by atoms with Crippen molar-refractivity contribution in [3.05, 3.63) is 0 Å². The SMILES string of the molecule is CCCCCCCCC1OC1CCCCCCCC(=O)OCC(COC(=O)CCCCCCC1OC1CC1OC1CC1OC1CC)OC(=O)CCCCCCCC1OC1CC1OC1CC1OC1CC. The van der Waals surface area contributed by atoms with E-state index in [1.165, 1.54) is 51.4 Å². The number of ether oxygens (including phenoxy) is 10. The van der Waals surface area contributed by atoms with E-state index in [1.54, 1.807) is 0 Å². The number of rotatable bonds is 45. The van der Waals surface area contributed by atoms with E-state index in [2.05, 4.69) is 20.8 Å².